The second kappa shape index (κ2) is 7.42. The Morgan fingerprint density at radius 1 is 1.19 bits per heavy atom. The van der Waals surface area contributed by atoms with E-state index in [1.54, 1.807) is 0 Å². The molecule has 118 valence electrons. The van der Waals surface area contributed by atoms with Crippen LogP contribution in [0.3, 0.4) is 0 Å². The average molecular weight is 289 g/mol. The Morgan fingerprint density at radius 2 is 1.86 bits per heavy atom. The third-order valence-corrected chi connectivity index (χ3v) is 5.02. The molecule has 0 aromatic heterocycles. The maximum Gasteiger partial charge on any atom is 0.0692 e. The molecule has 0 bridgehead atoms. The molecule has 0 amide bonds. The molecule has 2 atom stereocenters. The van der Waals surface area contributed by atoms with Crippen molar-refractivity contribution < 1.29 is 4.74 Å². The molecule has 1 aromatic rings. The second-order valence-corrected chi connectivity index (χ2v) is 6.73. The van der Waals surface area contributed by atoms with E-state index < -0.39 is 0 Å². The summed E-state index contributed by atoms with van der Waals surface area (Å²) in [5.41, 5.74) is 1.49. The van der Waals surface area contributed by atoms with E-state index in [-0.39, 0.29) is 5.60 Å². The van der Waals surface area contributed by atoms with Crippen molar-refractivity contribution in [3.05, 3.63) is 35.9 Å². The van der Waals surface area contributed by atoms with E-state index in [0.29, 0.717) is 18.0 Å². The number of hydrogen-bond donors (Lipinski definition) is 1. The number of ether oxygens (including phenoxy) is 1. The van der Waals surface area contributed by atoms with Crippen LogP contribution in [0.25, 0.3) is 0 Å². The maximum atomic E-state index is 6.10. The zero-order chi connectivity index (χ0) is 15.3. The van der Waals surface area contributed by atoms with Gasteiger partial charge in [-0.15, -0.1) is 0 Å². The normalized spacial score (nSPS) is 23.2. The van der Waals surface area contributed by atoms with Crippen LogP contribution in [0.2, 0.25) is 0 Å². The Morgan fingerprint density at radius 3 is 2.43 bits per heavy atom. The molecule has 0 radical (unpaired) electrons. The van der Waals surface area contributed by atoms with Crippen molar-refractivity contribution in [2.24, 2.45) is 5.92 Å². The van der Waals surface area contributed by atoms with Crippen LogP contribution < -0.4 is 5.32 Å². The smallest absolute Gasteiger partial charge is 0.0692 e. The topological polar surface area (TPSA) is 21.3 Å². The van der Waals surface area contributed by atoms with Crippen LogP contribution >= 0.6 is 0 Å². The van der Waals surface area contributed by atoms with Crippen molar-refractivity contribution in [1.29, 1.82) is 0 Å². The molecule has 1 heterocycles. The van der Waals surface area contributed by atoms with Gasteiger partial charge in [0.05, 0.1) is 5.60 Å². The number of rotatable bonds is 6. The van der Waals surface area contributed by atoms with E-state index in [1.807, 2.05) is 0 Å². The molecule has 0 spiro atoms. The van der Waals surface area contributed by atoms with Crippen molar-refractivity contribution in [1.82, 2.24) is 5.32 Å². The molecule has 1 N–H and O–H groups in total. The van der Waals surface area contributed by atoms with E-state index >= 15 is 0 Å². The van der Waals surface area contributed by atoms with E-state index in [1.165, 1.54) is 5.56 Å². The average Bonchev–Trinajstić information content (AvgIpc) is 2.53. The lowest BCUT2D eigenvalue weighted by Gasteiger charge is -2.42. The van der Waals surface area contributed by atoms with Crippen molar-refractivity contribution in [2.45, 2.75) is 71.1 Å². The molecular weight excluding hydrogens is 258 g/mol. The van der Waals surface area contributed by atoms with Gasteiger partial charge in [0.15, 0.2) is 0 Å². The molecule has 2 unspecified atom stereocenters. The van der Waals surface area contributed by atoms with Gasteiger partial charge in [-0.3, -0.25) is 0 Å². The van der Waals surface area contributed by atoms with Crippen LogP contribution in [-0.2, 0) is 4.74 Å². The van der Waals surface area contributed by atoms with E-state index in [0.717, 1.165) is 32.3 Å². The second-order valence-electron chi connectivity index (χ2n) is 6.73. The van der Waals surface area contributed by atoms with E-state index in [2.05, 4.69) is 63.3 Å². The van der Waals surface area contributed by atoms with Crippen molar-refractivity contribution in [3.63, 3.8) is 0 Å². The van der Waals surface area contributed by atoms with E-state index in [4.69, 9.17) is 4.74 Å². The number of benzene rings is 1. The maximum absolute atomic E-state index is 6.10. The summed E-state index contributed by atoms with van der Waals surface area (Å²) in [5, 5.41) is 3.92. The highest BCUT2D eigenvalue weighted by Gasteiger charge is 2.35. The highest BCUT2D eigenvalue weighted by Crippen LogP contribution is 2.33. The van der Waals surface area contributed by atoms with Crippen molar-refractivity contribution in [3.8, 4) is 0 Å². The van der Waals surface area contributed by atoms with Gasteiger partial charge in [-0.2, -0.15) is 0 Å². The van der Waals surface area contributed by atoms with Gasteiger partial charge in [0.2, 0.25) is 0 Å². The van der Waals surface area contributed by atoms with Crippen LogP contribution in [0.15, 0.2) is 30.3 Å². The molecule has 21 heavy (non-hydrogen) atoms. The third-order valence-electron chi connectivity index (χ3n) is 5.02. The molecule has 1 fully saturated rings. The van der Waals surface area contributed by atoms with Gasteiger partial charge in [0, 0.05) is 18.7 Å². The van der Waals surface area contributed by atoms with Crippen molar-refractivity contribution >= 4 is 0 Å². The summed E-state index contributed by atoms with van der Waals surface area (Å²) in [6, 6.07) is 11.8. The third kappa shape index (κ3) is 4.08. The van der Waals surface area contributed by atoms with Crippen LogP contribution in [0, 0.1) is 5.92 Å². The molecule has 1 aromatic carbocycles. The standard InChI is InChI=1S/C19H31NO/c1-5-19(6-2)14-17(12-13-21-19)20-18(15(3)4)16-10-8-7-9-11-16/h7-11,15,17-18,20H,5-6,12-14H2,1-4H3. The first-order valence-corrected chi connectivity index (χ1v) is 8.55. The number of nitrogens with one attached hydrogen (secondary N) is 1. The van der Waals surface area contributed by atoms with Crippen LogP contribution in [-0.4, -0.2) is 18.2 Å². The van der Waals surface area contributed by atoms with Gasteiger partial charge in [-0.05, 0) is 37.2 Å². The lowest BCUT2D eigenvalue weighted by Crippen LogP contribution is -2.48. The van der Waals surface area contributed by atoms with Crippen LogP contribution in [0.1, 0.15) is 65.0 Å². The summed E-state index contributed by atoms with van der Waals surface area (Å²) in [6.07, 6.45) is 4.48. The molecule has 2 nitrogen and oxygen atoms in total. The molecule has 1 saturated heterocycles. The first kappa shape index (κ1) is 16.5. The Bertz CT molecular complexity index is 411. The molecule has 1 aliphatic heterocycles. The number of hydrogen-bond acceptors (Lipinski definition) is 2. The van der Waals surface area contributed by atoms with Crippen LogP contribution in [0.5, 0.6) is 0 Å². The summed E-state index contributed by atoms with van der Waals surface area (Å²) in [7, 11) is 0. The summed E-state index contributed by atoms with van der Waals surface area (Å²) in [6.45, 7) is 10.00. The lowest BCUT2D eigenvalue weighted by molar-refractivity contribution is -0.0946. The van der Waals surface area contributed by atoms with Gasteiger partial charge in [-0.1, -0.05) is 58.0 Å². The molecule has 0 saturated carbocycles. The van der Waals surface area contributed by atoms with Gasteiger partial charge < -0.3 is 10.1 Å². The van der Waals surface area contributed by atoms with Gasteiger partial charge in [0.25, 0.3) is 0 Å². The zero-order valence-electron chi connectivity index (χ0n) is 14.1. The molecule has 0 aliphatic carbocycles. The predicted octanol–water partition coefficient (Wildman–Crippen LogP) is 4.71. The minimum Gasteiger partial charge on any atom is -0.375 e. The fourth-order valence-electron chi connectivity index (χ4n) is 3.50. The van der Waals surface area contributed by atoms with Gasteiger partial charge in [0.1, 0.15) is 0 Å². The van der Waals surface area contributed by atoms with Gasteiger partial charge in [-0.25, -0.2) is 0 Å². The Kier molecular flexibility index (Phi) is 5.83. The fourth-order valence-corrected chi connectivity index (χ4v) is 3.50. The predicted molar refractivity (Wildman–Crippen MR) is 89.4 cm³/mol. The monoisotopic (exact) mass is 289 g/mol. The summed E-state index contributed by atoms with van der Waals surface area (Å²) >= 11 is 0. The summed E-state index contributed by atoms with van der Waals surface area (Å²) in [5.74, 6) is 0.591. The first-order chi connectivity index (χ1) is 10.1. The highest BCUT2D eigenvalue weighted by molar-refractivity contribution is 5.19. The van der Waals surface area contributed by atoms with Gasteiger partial charge >= 0.3 is 0 Å². The molecule has 2 heteroatoms. The van der Waals surface area contributed by atoms with E-state index in [9.17, 15) is 0 Å². The molecule has 1 aliphatic rings. The summed E-state index contributed by atoms with van der Waals surface area (Å²) in [4.78, 5) is 0. The molecular formula is C19H31NO. The largest absolute Gasteiger partial charge is 0.375 e. The SMILES string of the molecule is CCC1(CC)CC(NC(c2ccccc2)C(C)C)CCO1. The van der Waals surface area contributed by atoms with Crippen molar-refractivity contribution in [2.75, 3.05) is 6.61 Å². The minimum absolute atomic E-state index is 0.0914. The first-order valence-electron chi connectivity index (χ1n) is 8.55. The zero-order valence-corrected chi connectivity index (χ0v) is 14.1. The lowest BCUT2D eigenvalue weighted by atomic mass is 9.84. The van der Waals surface area contributed by atoms with Crippen LogP contribution in [0.4, 0.5) is 0 Å². The Balaban J connectivity index is 2.07. The Labute approximate surface area is 130 Å². The molecule has 2 rings (SSSR count). The fraction of sp³-hybridized carbons (Fsp3) is 0.684. The summed E-state index contributed by atoms with van der Waals surface area (Å²) < 4.78 is 6.10. The quantitative estimate of drug-likeness (QED) is 0.819. The highest BCUT2D eigenvalue weighted by atomic mass is 16.5. The minimum atomic E-state index is 0.0914. The Hall–Kier alpha value is -0.860.